The molecule has 0 saturated heterocycles. The number of unbranched alkanes of at least 4 members (excludes halogenated alkanes) is 1. The third-order valence-corrected chi connectivity index (χ3v) is 6.24. The van der Waals surface area contributed by atoms with Gasteiger partial charge < -0.3 is 0 Å². The summed E-state index contributed by atoms with van der Waals surface area (Å²) >= 11 is -0.923. The fraction of sp³-hybridized carbons (Fsp3) is 0.667. The van der Waals surface area contributed by atoms with Crippen molar-refractivity contribution < 1.29 is 37.6 Å². The van der Waals surface area contributed by atoms with E-state index in [0.29, 0.717) is 6.42 Å². The molecule has 3 nitrogen and oxygen atoms in total. The van der Waals surface area contributed by atoms with Gasteiger partial charge in [-0.25, -0.2) is 0 Å². The SMILES string of the molecule is CC(=O)[CH]([Zr][CH2]CCC=O)C(C)=O. The molecule has 0 aliphatic rings. The Labute approximate surface area is 89.8 Å². The Morgan fingerprint density at radius 2 is 1.85 bits per heavy atom. The van der Waals surface area contributed by atoms with E-state index in [0.717, 1.165) is 16.8 Å². The van der Waals surface area contributed by atoms with Crippen molar-refractivity contribution in [3.05, 3.63) is 0 Å². The molecule has 0 bridgehead atoms. The fourth-order valence-electron chi connectivity index (χ4n) is 1.01. The van der Waals surface area contributed by atoms with Gasteiger partial charge in [0.2, 0.25) is 0 Å². The first-order chi connectivity index (χ1) is 6.09. The van der Waals surface area contributed by atoms with E-state index in [-0.39, 0.29) is 15.2 Å². The Hall–Kier alpha value is -0.107. The van der Waals surface area contributed by atoms with E-state index in [9.17, 15) is 14.4 Å². The number of aldehydes is 1. The van der Waals surface area contributed by atoms with Gasteiger partial charge >= 0.3 is 89.9 Å². The normalized spacial score (nSPS) is 9.77. The van der Waals surface area contributed by atoms with Crippen LogP contribution < -0.4 is 0 Å². The van der Waals surface area contributed by atoms with Crippen LogP contribution in [0.25, 0.3) is 0 Å². The van der Waals surface area contributed by atoms with Crippen LogP contribution in [-0.2, 0) is 37.6 Å². The van der Waals surface area contributed by atoms with Crippen molar-refractivity contribution in [3.63, 3.8) is 0 Å². The van der Waals surface area contributed by atoms with Gasteiger partial charge in [0.25, 0.3) is 0 Å². The van der Waals surface area contributed by atoms with Crippen LogP contribution in [0.2, 0.25) is 7.75 Å². The monoisotopic (exact) mass is 260 g/mol. The van der Waals surface area contributed by atoms with E-state index in [2.05, 4.69) is 0 Å². The van der Waals surface area contributed by atoms with Crippen molar-refractivity contribution in [2.24, 2.45) is 0 Å². The van der Waals surface area contributed by atoms with Crippen LogP contribution in [0.4, 0.5) is 0 Å². The van der Waals surface area contributed by atoms with Crippen molar-refractivity contribution in [2.45, 2.75) is 34.4 Å². The second kappa shape index (κ2) is 7.31. The van der Waals surface area contributed by atoms with Crippen molar-refractivity contribution in [2.75, 3.05) is 0 Å². The van der Waals surface area contributed by atoms with E-state index in [4.69, 9.17) is 0 Å². The Balaban J connectivity index is 3.77. The average Bonchev–Trinajstić information content (AvgIpc) is 2.02. The molecule has 0 saturated carbocycles. The van der Waals surface area contributed by atoms with Crippen LogP contribution in [0, 0.1) is 0 Å². The first-order valence-electron chi connectivity index (χ1n) is 4.27. The second-order valence-electron chi connectivity index (χ2n) is 2.92. The molecule has 0 aromatic rings. The predicted octanol–water partition coefficient (Wildman–Crippen LogP) is 1.43. The maximum absolute atomic E-state index is 11.0. The average molecular weight is 261 g/mol. The molecule has 0 aromatic carbocycles. The van der Waals surface area contributed by atoms with Gasteiger partial charge in [0, 0.05) is 0 Å². The minimum atomic E-state index is -0.923. The molecule has 0 N–H and O–H groups in total. The Kier molecular flexibility index (Phi) is 7.25. The topological polar surface area (TPSA) is 51.2 Å². The molecular formula is C9H14O3Zr. The van der Waals surface area contributed by atoms with Crippen LogP contribution in [0.3, 0.4) is 0 Å². The number of hydrogen-bond acceptors (Lipinski definition) is 3. The van der Waals surface area contributed by atoms with Crippen molar-refractivity contribution in [1.29, 1.82) is 0 Å². The van der Waals surface area contributed by atoms with Gasteiger partial charge in [-0.1, -0.05) is 0 Å². The standard InChI is InChI=1S/C5H7O2.C4H7O.Zr/c1-4(6)3-5(2)7;1-2-3-4-5;/h3H,1-2H3;4H,1-3H2;. The van der Waals surface area contributed by atoms with E-state index in [1.54, 1.807) is 0 Å². The van der Waals surface area contributed by atoms with Gasteiger partial charge in [-0.05, 0) is 0 Å². The Morgan fingerprint density at radius 1 is 1.31 bits per heavy atom. The molecule has 0 radical (unpaired) electrons. The molecule has 0 fully saturated rings. The quantitative estimate of drug-likeness (QED) is 0.396. The molecule has 0 amide bonds. The van der Waals surface area contributed by atoms with Crippen molar-refractivity contribution >= 4 is 17.9 Å². The summed E-state index contributed by atoms with van der Waals surface area (Å²) in [6.45, 7) is 2.96. The molecule has 0 heterocycles. The molecule has 0 aliphatic heterocycles. The number of rotatable bonds is 7. The molecule has 0 aromatic heterocycles. The summed E-state index contributed by atoms with van der Waals surface area (Å²) in [5.74, 6) is 0.00964. The Morgan fingerprint density at radius 3 is 2.23 bits per heavy atom. The van der Waals surface area contributed by atoms with E-state index in [1.165, 1.54) is 13.8 Å². The van der Waals surface area contributed by atoms with Crippen LogP contribution in [0.5, 0.6) is 0 Å². The molecule has 0 aliphatic carbocycles. The minimum absolute atomic E-state index is 0.00482. The predicted molar refractivity (Wildman–Crippen MR) is 45.2 cm³/mol. The summed E-state index contributed by atoms with van der Waals surface area (Å²) in [5, 5.41) is 0. The molecule has 0 unspecified atom stereocenters. The molecule has 0 rings (SSSR count). The summed E-state index contributed by atoms with van der Waals surface area (Å²) in [4.78, 5) is 32.0. The Bertz CT molecular complexity index is 187. The summed E-state index contributed by atoms with van der Waals surface area (Å²) in [6, 6.07) is 0. The van der Waals surface area contributed by atoms with Gasteiger partial charge in [0.15, 0.2) is 0 Å². The zero-order valence-electron chi connectivity index (χ0n) is 8.00. The van der Waals surface area contributed by atoms with Gasteiger partial charge in [-0.15, -0.1) is 0 Å². The number of Topliss-reactive ketones (excluding diaryl/α,β-unsaturated/α-hetero) is 2. The first kappa shape index (κ1) is 12.9. The number of hydrogen-bond donors (Lipinski definition) is 0. The van der Waals surface area contributed by atoms with Gasteiger partial charge in [0.05, 0.1) is 0 Å². The summed E-state index contributed by atoms with van der Waals surface area (Å²) in [7, 11) is 0. The van der Waals surface area contributed by atoms with Gasteiger partial charge in [-0.3, -0.25) is 0 Å². The zero-order valence-corrected chi connectivity index (χ0v) is 10.5. The molecule has 72 valence electrons. The molecular weight excluding hydrogens is 247 g/mol. The zero-order chi connectivity index (χ0) is 10.3. The third kappa shape index (κ3) is 6.03. The summed E-state index contributed by atoms with van der Waals surface area (Å²) < 4.78 is 0.654. The van der Waals surface area contributed by atoms with Gasteiger partial charge in [-0.2, -0.15) is 0 Å². The molecule has 0 atom stereocenters. The summed E-state index contributed by atoms with van der Waals surface area (Å²) in [6.07, 6.45) is 2.28. The maximum atomic E-state index is 11.0. The van der Waals surface area contributed by atoms with Crippen LogP contribution >= 0.6 is 0 Å². The summed E-state index contributed by atoms with van der Waals surface area (Å²) in [5.41, 5.74) is 0. The van der Waals surface area contributed by atoms with E-state index < -0.39 is 23.2 Å². The molecule has 4 heteroatoms. The van der Waals surface area contributed by atoms with E-state index in [1.807, 2.05) is 0 Å². The van der Waals surface area contributed by atoms with Crippen molar-refractivity contribution in [3.8, 4) is 0 Å². The van der Waals surface area contributed by atoms with E-state index >= 15 is 0 Å². The van der Waals surface area contributed by atoms with Crippen LogP contribution in [-0.4, -0.2) is 17.9 Å². The fourth-order valence-corrected chi connectivity index (χ4v) is 4.13. The molecule has 0 spiro atoms. The third-order valence-electron chi connectivity index (χ3n) is 1.66. The van der Waals surface area contributed by atoms with Crippen LogP contribution in [0.1, 0.15) is 26.7 Å². The van der Waals surface area contributed by atoms with Crippen molar-refractivity contribution in [1.82, 2.24) is 0 Å². The van der Waals surface area contributed by atoms with Gasteiger partial charge in [0.1, 0.15) is 0 Å². The number of ketones is 2. The number of carbonyl (C=O) groups excluding carboxylic acids is 3. The van der Waals surface area contributed by atoms with Crippen LogP contribution in [0.15, 0.2) is 0 Å². The first-order valence-corrected chi connectivity index (χ1v) is 7.43. The molecule has 13 heavy (non-hydrogen) atoms. The second-order valence-corrected chi connectivity index (χ2v) is 6.57. The number of carbonyl (C=O) groups is 3.